The molecule has 0 saturated heterocycles. The zero-order valence-electron chi connectivity index (χ0n) is 9.52. The number of alkyl halides is 1. The molecule has 0 aliphatic carbocycles. The molecule has 1 atom stereocenters. The van der Waals surface area contributed by atoms with Crippen LogP contribution in [0, 0.1) is 0 Å². The number of rotatable bonds is 5. The van der Waals surface area contributed by atoms with Gasteiger partial charge in [0.25, 0.3) is 0 Å². The molecule has 0 bridgehead atoms. The van der Waals surface area contributed by atoms with Crippen molar-refractivity contribution in [2.75, 3.05) is 10.9 Å². The highest BCUT2D eigenvalue weighted by atomic mass is 35.5. The van der Waals surface area contributed by atoms with Crippen LogP contribution in [-0.2, 0) is 9.36 Å². The van der Waals surface area contributed by atoms with Gasteiger partial charge >= 0.3 is 13.6 Å². The van der Waals surface area contributed by atoms with E-state index in [2.05, 4.69) is 0 Å². The standard InChI is InChI=1S/C10H13ClNO5P/c1-10(9(13)14,18(15,16)17)12(7-11)8-5-3-2-4-6-8/h2-6H,7H2,1H3,(H,13,14)(H2,15,16,17)/t10-/m1/s1. The molecule has 0 saturated carbocycles. The zero-order valence-corrected chi connectivity index (χ0v) is 11.2. The first kappa shape index (κ1) is 15.0. The van der Waals surface area contributed by atoms with E-state index in [1.54, 1.807) is 18.2 Å². The summed E-state index contributed by atoms with van der Waals surface area (Å²) < 4.78 is 11.5. The lowest BCUT2D eigenvalue weighted by Crippen LogP contribution is -2.52. The van der Waals surface area contributed by atoms with Gasteiger partial charge in [-0.15, -0.1) is 11.6 Å². The minimum Gasteiger partial charge on any atom is -0.479 e. The molecule has 0 aliphatic rings. The van der Waals surface area contributed by atoms with E-state index in [1.807, 2.05) is 0 Å². The molecule has 1 aromatic carbocycles. The highest BCUT2D eigenvalue weighted by molar-refractivity contribution is 7.55. The molecular formula is C10H13ClNO5P. The van der Waals surface area contributed by atoms with E-state index in [4.69, 9.17) is 16.7 Å². The first-order valence-electron chi connectivity index (χ1n) is 4.93. The van der Waals surface area contributed by atoms with Crippen molar-refractivity contribution in [2.24, 2.45) is 0 Å². The van der Waals surface area contributed by atoms with Crippen molar-refractivity contribution < 1.29 is 24.3 Å². The molecule has 0 spiro atoms. The summed E-state index contributed by atoms with van der Waals surface area (Å²) in [6.07, 6.45) is 0. The SMILES string of the molecule is C[C@@](C(=O)O)(N(CCl)c1ccccc1)P(=O)(O)O. The summed E-state index contributed by atoms with van der Waals surface area (Å²) in [4.78, 5) is 30.8. The maximum Gasteiger partial charge on any atom is 0.362 e. The fourth-order valence-corrected chi connectivity index (χ4v) is 2.65. The molecule has 1 rings (SSSR count). The Morgan fingerprint density at radius 3 is 2.22 bits per heavy atom. The monoisotopic (exact) mass is 293 g/mol. The quantitative estimate of drug-likeness (QED) is 0.434. The van der Waals surface area contributed by atoms with E-state index < -0.39 is 18.8 Å². The third-order valence-corrected chi connectivity index (χ3v) is 4.49. The topological polar surface area (TPSA) is 98.1 Å². The van der Waals surface area contributed by atoms with Crippen molar-refractivity contribution in [3.8, 4) is 0 Å². The third-order valence-electron chi connectivity index (χ3n) is 2.69. The largest absolute Gasteiger partial charge is 0.479 e. The van der Waals surface area contributed by atoms with Crippen LogP contribution in [-0.4, -0.2) is 32.1 Å². The Bertz CT molecular complexity index is 476. The van der Waals surface area contributed by atoms with Gasteiger partial charge in [0.05, 0.1) is 6.00 Å². The van der Waals surface area contributed by atoms with E-state index in [0.717, 1.165) is 11.8 Å². The van der Waals surface area contributed by atoms with Crippen LogP contribution in [0.4, 0.5) is 5.69 Å². The lowest BCUT2D eigenvalue weighted by atomic mass is 10.2. The Balaban J connectivity index is 3.37. The number of para-hydroxylation sites is 1. The van der Waals surface area contributed by atoms with Crippen molar-refractivity contribution in [3.63, 3.8) is 0 Å². The molecule has 8 heteroatoms. The summed E-state index contributed by atoms with van der Waals surface area (Å²) >= 11 is 5.66. The minimum atomic E-state index is -4.94. The van der Waals surface area contributed by atoms with Crippen molar-refractivity contribution >= 4 is 30.9 Å². The normalized spacial score (nSPS) is 14.9. The lowest BCUT2D eigenvalue weighted by Gasteiger charge is -2.38. The molecule has 0 heterocycles. The van der Waals surface area contributed by atoms with Crippen molar-refractivity contribution in [1.29, 1.82) is 0 Å². The van der Waals surface area contributed by atoms with E-state index >= 15 is 0 Å². The summed E-state index contributed by atoms with van der Waals surface area (Å²) in [5.74, 6) is -1.64. The molecule has 0 radical (unpaired) electrons. The number of hydrogen-bond acceptors (Lipinski definition) is 3. The van der Waals surface area contributed by atoms with Crippen molar-refractivity contribution in [2.45, 2.75) is 12.2 Å². The van der Waals surface area contributed by atoms with E-state index in [-0.39, 0.29) is 6.00 Å². The second-order valence-corrected chi connectivity index (χ2v) is 5.95. The highest BCUT2D eigenvalue weighted by Crippen LogP contribution is 2.53. The molecule has 18 heavy (non-hydrogen) atoms. The maximum absolute atomic E-state index is 11.5. The Morgan fingerprint density at radius 1 is 1.39 bits per heavy atom. The second kappa shape index (κ2) is 5.28. The fourth-order valence-electron chi connectivity index (χ4n) is 1.44. The molecule has 3 N–H and O–H groups in total. The van der Waals surface area contributed by atoms with Crippen LogP contribution < -0.4 is 4.90 Å². The first-order valence-corrected chi connectivity index (χ1v) is 7.07. The van der Waals surface area contributed by atoms with Crippen LogP contribution in [0.1, 0.15) is 6.92 Å². The van der Waals surface area contributed by atoms with Crippen LogP contribution in [0.15, 0.2) is 30.3 Å². The number of carbonyl (C=O) groups is 1. The van der Waals surface area contributed by atoms with Gasteiger partial charge in [0, 0.05) is 5.69 Å². The fraction of sp³-hybridized carbons (Fsp3) is 0.300. The van der Waals surface area contributed by atoms with Crippen molar-refractivity contribution in [3.05, 3.63) is 30.3 Å². The van der Waals surface area contributed by atoms with Gasteiger partial charge in [0.15, 0.2) is 0 Å². The molecule has 0 unspecified atom stereocenters. The number of carboxylic acid groups (broad SMARTS) is 1. The van der Waals surface area contributed by atoms with E-state index in [0.29, 0.717) is 5.69 Å². The van der Waals surface area contributed by atoms with Gasteiger partial charge in [-0.2, -0.15) is 0 Å². The molecular weight excluding hydrogens is 281 g/mol. The molecule has 0 fully saturated rings. The van der Waals surface area contributed by atoms with Gasteiger partial charge in [-0.1, -0.05) is 18.2 Å². The molecule has 1 aromatic rings. The Labute approximate surface area is 109 Å². The first-order chi connectivity index (χ1) is 8.25. The molecule has 100 valence electrons. The average molecular weight is 294 g/mol. The smallest absolute Gasteiger partial charge is 0.362 e. The second-order valence-electron chi connectivity index (χ2n) is 3.75. The summed E-state index contributed by atoms with van der Waals surface area (Å²) in [6, 6.07) is 7.63. The van der Waals surface area contributed by atoms with Gasteiger partial charge in [-0.05, 0) is 19.1 Å². The summed E-state index contributed by atoms with van der Waals surface area (Å²) in [5, 5.41) is 6.73. The summed E-state index contributed by atoms with van der Waals surface area (Å²) in [7, 11) is -4.94. The number of halogens is 1. The van der Waals surface area contributed by atoms with Crippen LogP contribution in [0.3, 0.4) is 0 Å². The average Bonchev–Trinajstić information content (AvgIpc) is 2.29. The predicted molar refractivity (Wildman–Crippen MR) is 67.7 cm³/mol. The van der Waals surface area contributed by atoms with Gasteiger partial charge in [-0.3, -0.25) is 4.57 Å². The Hall–Kier alpha value is -1.07. The predicted octanol–water partition coefficient (Wildman–Crippen LogP) is 1.67. The Kier molecular flexibility index (Phi) is 4.40. The lowest BCUT2D eigenvalue weighted by molar-refractivity contribution is -0.140. The number of hydrogen-bond donors (Lipinski definition) is 3. The summed E-state index contributed by atoms with van der Waals surface area (Å²) in [5.41, 5.74) is 0.320. The highest BCUT2D eigenvalue weighted by Gasteiger charge is 2.54. The van der Waals surface area contributed by atoms with Gasteiger partial charge < -0.3 is 19.8 Å². The zero-order chi connectivity index (χ0) is 14.0. The van der Waals surface area contributed by atoms with Crippen LogP contribution in [0.2, 0.25) is 0 Å². The number of aliphatic carboxylic acids is 1. The van der Waals surface area contributed by atoms with Crippen molar-refractivity contribution in [1.82, 2.24) is 0 Å². The minimum absolute atomic E-state index is 0.320. The van der Waals surface area contributed by atoms with Crippen LogP contribution >= 0.6 is 19.2 Å². The molecule has 6 nitrogen and oxygen atoms in total. The number of carboxylic acids is 1. The van der Waals surface area contributed by atoms with Crippen LogP contribution in [0.5, 0.6) is 0 Å². The van der Waals surface area contributed by atoms with Gasteiger partial charge in [0.1, 0.15) is 0 Å². The summed E-state index contributed by atoms with van der Waals surface area (Å²) in [6.45, 7) is 0.950. The third kappa shape index (κ3) is 2.52. The van der Waals surface area contributed by atoms with E-state index in [9.17, 15) is 19.1 Å². The van der Waals surface area contributed by atoms with E-state index in [1.165, 1.54) is 12.1 Å². The van der Waals surface area contributed by atoms with Gasteiger partial charge in [-0.25, -0.2) is 4.79 Å². The number of nitrogens with zero attached hydrogens (tertiary/aromatic N) is 1. The number of anilines is 1. The number of benzene rings is 1. The Morgan fingerprint density at radius 2 is 1.89 bits per heavy atom. The molecule has 0 amide bonds. The molecule has 0 aliphatic heterocycles. The van der Waals surface area contributed by atoms with Crippen LogP contribution in [0.25, 0.3) is 0 Å². The molecule has 0 aromatic heterocycles. The van der Waals surface area contributed by atoms with Gasteiger partial charge in [0.2, 0.25) is 5.28 Å². The maximum atomic E-state index is 11.5.